The number of aliphatic imine (C=N–C) groups is 1. The molecule has 0 saturated carbocycles. The molecule has 0 atom stereocenters. The monoisotopic (exact) mass is 382 g/mol. The van der Waals surface area contributed by atoms with Crippen LogP contribution in [0, 0.1) is 0 Å². The highest BCUT2D eigenvalue weighted by Gasteiger charge is 2.10. The molecule has 0 unspecified atom stereocenters. The van der Waals surface area contributed by atoms with Gasteiger partial charge in [0.25, 0.3) is 0 Å². The molecule has 0 bridgehead atoms. The molecule has 0 aromatic rings. The molecule has 0 amide bonds. The van der Waals surface area contributed by atoms with E-state index in [4.69, 9.17) is 0 Å². The zero-order valence-corrected chi connectivity index (χ0v) is 18.8. The summed E-state index contributed by atoms with van der Waals surface area (Å²) in [6.45, 7) is 4.52. The third kappa shape index (κ3) is 13.9. The second kappa shape index (κ2) is 18.2. The van der Waals surface area contributed by atoms with Crippen molar-refractivity contribution in [3.05, 3.63) is 0 Å². The van der Waals surface area contributed by atoms with Crippen molar-refractivity contribution in [1.29, 1.82) is 0 Å². The Morgan fingerprint density at radius 3 is 1.65 bits per heavy atom. The molecule has 2 nitrogen and oxygen atoms in total. The second-order valence-corrected chi connectivity index (χ2v) is 9.15. The minimum absolute atomic E-state index is 1.03. The summed E-state index contributed by atoms with van der Waals surface area (Å²) in [4.78, 5) is 6.95. The van der Waals surface area contributed by atoms with E-state index in [9.17, 15) is 0 Å². The number of nitrogens with zero attached hydrogens (tertiary/aromatic N) is 2. The zero-order valence-electron chi connectivity index (χ0n) is 17.9. The van der Waals surface area contributed by atoms with Crippen molar-refractivity contribution in [3.63, 3.8) is 0 Å². The predicted octanol–water partition coefficient (Wildman–Crippen LogP) is 7.67. The third-order valence-corrected chi connectivity index (χ3v) is 6.65. The number of unbranched alkanes of at least 4 members (excludes halogenated alkanes) is 15. The minimum atomic E-state index is 1.03. The summed E-state index contributed by atoms with van der Waals surface area (Å²) in [5.41, 5.74) is 0. The summed E-state index contributed by atoms with van der Waals surface area (Å²) in [5.74, 6) is 1.25. The quantitative estimate of drug-likeness (QED) is 0.240. The molecular weight excluding hydrogens is 336 g/mol. The lowest BCUT2D eigenvalue weighted by atomic mass is 10.0. The first-order valence-corrected chi connectivity index (χ1v) is 12.7. The molecule has 0 aliphatic carbocycles. The van der Waals surface area contributed by atoms with Gasteiger partial charge in [0, 0.05) is 25.9 Å². The van der Waals surface area contributed by atoms with Crippen LogP contribution < -0.4 is 0 Å². The number of thioether (sulfide) groups is 1. The fourth-order valence-corrected chi connectivity index (χ4v) is 4.69. The molecule has 0 aromatic carbocycles. The summed E-state index contributed by atoms with van der Waals surface area (Å²) in [5, 5.41) is 1.28. The fourth-order valence-electron chi connectivity index (χ4n) is 3.67. The van der Waals surface area contributed by atoms with Crippen LogP contribution >= 0.6 is 11.8 Å². The maximum absolute atomic E-state index is 4.63. The molecule has 1 rings (SSSR count). The van der Waals surface area contributed by atoms with Gasteiger partial charge < -0.3 is 4.90 Å². The number of hydrogen-bond donors (Lipinski definition) is 0. The van der Waals surface area contributed by atoms with E-state index in [2.05, 4.69) is 23.9 Å². The van der Waals surface area contributed by atoms with Gasteiger partial charge in [-0.05, 0) is 12.8 Å². The topological polar surface area (TPSA) is 15.6 Å². The summed E-state index contributed by atoms with van der Waals surface area (Å²) >= 11 is 1.97. The van der Waals surface area contributed by atoms with E-state index in [-0.39, 0.29) is 0 Å². The Balaban J connectivity index is 1.71. The molecule has 1 aliphatic heterocycles. The molecule has 3 heteroatoms. The van der Waals surface area contributed by atoms with Gasteiger partial charge in [-0.25, -0.2) is 0 Å². The molecule has 0 radical (unpaired) electrons. The van der Waals surface area contributed by atoms with Crippen molar-refractivity contribution in [2.75, 3.05) is 25.9 Å². The average Bonchev–Trinajstić information content (AvgIpc) is 2.65. The van der Waals surface area contributed by atoms with E-state index < -0.39 is 0 Å². The van der Waals surface area contributed by atoms with Crippen LogP contribution in [0.3, 0.4) is 0 Å². The Hall–Kier alpha value is -0.180. The summed E-state index contributed by atoms with van der Waals surface area (Å²) < 4.78 is 0. The van der Waals surface area contributed by atoms with Crippen LogP contribution in [0.5, 0.6) is 0 Å². The number of rotatable bonds is 17. The fraction of sp³-hybridized carbons (Fsp3) is 0.957. The molecule has 0 aromatic heterocycles. The van der Waals surface area contributed by atoms with Crippen molar-refractivity contribution in [2.45, 2.75) is 116 Å². The molecule has 1 aliphatic rings. The highest BCUT2D eigenvalue weighted by molar-refractivity contribution is 8.13. The van der Waals surface area contributed by atoms with E-state index >= 15 is 0 Å². The highest BCUT2D eigenvalue weighted by atomic mass is 32.2. The van der Waals surface area contributed by atoms with Crippen LogP contribution in [0.15, 0.2) is 4.99 Å². The van der Waals surface area contributed by atoms with E-state index in [1.165, 1.54) is 127 Å². The van der Waals surface area contributed by atoms with Crippen LogP contribution in [0.4, 0.5) is 0 Å². The van der Waals surface area contributed by atoms with E-state index in [0.29, 0.717) is 0 Å². The second-order valence-electron chi connectivity index (χ2n) is 8.09. The molecule has 26 heavy (non-hydrogen) atoms. The van der Waals surface area contributed by atoms with Gasteiger partial charge in [0.05, 0.1) is 0 Å². The molecular formula is C23H46N2S. The van der Waals surface area contributed by atoms with Crippen molar-refractivity contribution >= 4 is 16.9 Å². The van der Waals surface area contributed by atoms with E-state index in [1.54, 1.807) is 0 Å². The predicted molar refractivity (Wildman–Crippen MR) is 122 cm³/mol. The van der Waals surface area contributed by atoms with Gasteiger partial charge in [0.15, 0.2) is 5.17 Å². The summed E-state index contributed by atoms with van der Waals surface area (Å²) in [7, 11) is 2.18. The number of amidine groups is 1. The first-order valence-electron chi connectivity index (χ1n) is 11.7. The molecule has 0 fully saturated rings. The largest absolute Gasteiger partial charge is 0.354 e. The van der Waals surface area contributed by atoms with Crippen molar-refractivity contribution < 1.29 is 0 Å². The van der Waals surface area contributed by atoms with Crippen LogP contribution in [-0.2, 0) is 0 Å². The van der Waals surface area contributed by atoms with Gasteiger partial charge in [0.2, 0.25) is 0 Å². The Kier molecular flexibility index (Phi) is 16.7. The molecule has 154 valence electrons. The van der Waals surface area contributed by atoms with Gasteiger partial charge in [0.1, 0.15) is 0 Å². The van der Waals surface area contributed by atoms with Gasteiger partial charge in [-0.3, -0.25) is 4.99 Å². The lowest BCUT2D eigenvalue weighted by molar-refractivity contribution is 0.477. The molecule has 0 saturated heterocycles. The van der Waals surface area contributed by atoms with Crippen LogP contribution in [0.25, 0.3) is 0 Å². The maximum Gasteiger partial charge on any atom is 0.158 e. The van der Waals surface area contributed by atoms with Crippen molar-refractivity contribution in [2.24, 2.45) is 4.99 Å². The standard InChI is InChI=1S/C23H46N2S/c1-3-4-5-6-7-8-9-10-11-12-13-14-15-16-17-18-22-26-23-24-20-19-21-25(23)2/h3-22H2,1-2H3. The molecule has 0 N–H and O–H groups in total. The SMILES string of the molecule is CCCCCCCCCCCCCCCCCCSC1=NCCCN1C. The van der Waals surface area contributed by atoms with Gasteiger partial charge >= 0.3 is 0 Å². The van der Waals surface area contributed by atoms with Crippen molar-refractivity contribution in [1.82, 2.24) is 4.90 Å². The Morgan fingerprint density at radius 1 is 0.731 bits per heavy atom. The van der Waals surface area contributed by atoms with Crippen LogP contribution in [0.1, 0.15) is 116 Å². The van der Waals surface area contributed by atoms with Gasteiger partial charge in [-0.15, -0.1) is 0 Å². The normalized spacial score (nSPS) is 14.7. The van der Waals surface area contributed by atoms with Crippen LogP contribution in [0.2, 0.25) is 0 Å². The average molecular weight is 383 g/mol. The first-order chi connectivity index (χ1) is 12.8. The summed E-state index contributed by atoms with van der Waals surface area (Å²) in [6.07, 6.45) is 24.4. The zero-order chi connectivity index (χ0) is 18.7. The van der Waals surface area contributed by atoms with Crippen LogP contribution in [-0.4, -0.2) is 36.0 Å². The molecule has 0 spiro atoms. The highest BCUT2D eigenvalue weighted by Crippen LogP contribution is 2.17. The summed E-state index contributed by atoms with van der Waals surface area (Å²) in [6, 6.07) is 0. The van der Waals surface area contributed by atoms with Gasteiger partial charge in [-0.1, -0.05) is 115 Å². The molecule has 1 heterocycles. The lowest BCUT2D eigenvalue weighted by Crippen LogP contribution is -2.29. The Labute approximate surface area is 169 Å². The van der Waals surface area contributed by atoms with E-state index in [0.717, 1.165) is 6.54 Å². The first kappa shape index (κ1) is 23.9. The third-order valence-electron chi connectivity index (χ3n) is 5.45. The Bertz CT molecular complexity index is 330. The Morgan fingerprint density at radius 2 is 1.19 bits per heavy atom. The minimum Gasteiger partial charge on any atom is -0.354 e. The lowest BCUT2D eigenvalue weighted by Gasteiger charge is -2.24. The van der Waals surface area contributed by atoms with Crippen molar-refractivity contribution in [3.8, 4) is 0 Å². The van der Waals surface area contributed by atoms with Gasteiger partial charge in [-0.2, -0.15) is 0 Å². The van der Waals surface area contributed by atoms with E-state index in [1.807, 2.05) is 11.8 Å². The maximum atomic E-state index is 4.63. The smallest absolute Gasteiger partial charge is 0.158 e. The number of hydrogen-bond acceptors (Lipinski definition) is 3.